The Balaban J connectivity index is 1.41. The molecule has 2 atom stereocenters. The number of fused-ring (bicyclic) bond motifs is 2. The second-order valence-electron chi connectivity index (χ2n) is 8.13. The molecule has 0 spiro atoms. The average Bonchev–Trinajstić information content (AvgIpc) is 3.47. The molecule has 1 saturated heterocycles. The number of nitrogens with one attached hydrogen (secondary N) is 3. The molecular weight excluding hydrogens is 446 g/mol. The topological polar surface area (TPSA) is 148 Å². The van der Waals surface area contributed by atoms with Gasteiger partial charge in [-0.2, -0.15) is 0 Å². The highest BCUT2D eigenvalue weighted by atomic mass is 16.5. The van der Waals surface area contributed by atoms with E-state index in [4.69, 9.17) is 9.47 Å². The number of urea groups is 1. The van der Waals surface area contributed by atoms with Crippen molar-refractivity contribution in [3.63, 3.8) is 0 Å². The van der Waals surface area contributed by atoms with Gasteiger partial charge in [-0.05, 0) is 29.8 Å². The molecule has 1 unspecified atom stereocenters. The van der Waals surface area contributed by atoms with Gasteiger partial charge >= 0.3 is 12.1 Å². The zero-order valence-electron chi connectivity index (χ0n) is 18.3. The van der Waals surface area contributed by atoms with Crippen molar-refractivity contribution in [2.75, 3.05) is 26.1 Å². The first-order valence-electron chi connectivity index (χ1n) is 10.4. The number of imide groups is 1. The Morgan fingerprint density at radius 1 is 1.26 bits per heavy atom. The Morgan fingerprint density at radius 2 is 2.09 bits per heavy atom. The molecule has 0 aliphatic carbocycles. The number of hydrogen-bond donors (Lipinski definition) is 3. The lowest BCUT2D eigenvalue weighted by molar-refractivity contribution is -0.127. The molecule has 2 aromatic rings. The molecule has 12 nitrogen and oxygen atoms in total. The van der Waals surface area contributed by atoms with Crippen LogP contribution in [-0.4, -0.2) is 66.2 Å². The number of nitrogens with zero attached hydrogens (tertiary/aromatic N) is 2. The van der Waals surface area contributed by atoms with Crippen molar-refractivity contribution < 1.29 is 33.4 Å². The minimum absolute atomic E-state index is 0.105. The van der Waals surface area contributed by atoms with Gasteiger partial charge in [-0.3, -0.25) is 20.2 Å². The summed E-state index contributed by atoms with van der Waals surface area (Å²) in [4.78, 5) is 55.7. The smallest absolute Gasteiger partial charge is 0.412 e. The summed E-state index contributed by atoms with van der Waals surface area (Å²) in [6.45, 7) is 0.167. The lowest BCUT2D eigenvalue weighted by Crippen LogP contribution is -2.64. The molecule has 1 fully saturated rings. The number of carbonyl (C=O) groups is 4. The standard InChI is InChI=1S/C22H21N5O7/c1-32-12-4-3-11-9-27(18(28)13(11)7-12)10-22(19(29)25-20(30)26-22)16-8-14-15(34-16)5-6-17(23-14)24-21(31)33-2/h3-7,16H,8-10H2,1-2H3,(H,23,24,31)(H2,25,26,29,30)/t16?,22-/m0/s1. The third kappa shape index (κ3) is 3.43. The minimum Gasteiger partial charge on any atom is -0.497 e. The molecule has 176 valence electrons. The highest BCUT2D eigenvalue weighted by molar-refractivity contribution is 6.08. The quantitative estimate of drug-likeness (QED) is 0.547. The van der Waals surface area contributed by atoms with Crippen LogP contribution in [-0.2, 0) is 22.5 Å². The highest BCUT2D eigenvalue weighted by Crippen LogP contribution is 2.36. The van der Waals surface area contributed by atoms with Crippen molar-refractivity contribution in [3.8, 4) is 11.5 Å². The fourth-order valence-corrected chi connectivity index (χ4v) is 4.45. The second-order valence-corrected chi connectivity index (χ2v) is 8.13. The van der Waals surface area contributed by atoms with Crippen LogP contribution in [0.25, 0.3) is 0 Å². The Kier molecular flexibility index (Phi) is 5.00. The van der Waals surface area contributed by atoms with Crippen molar-refractivity contribution in [2.24, 2.45) is 0 Å². The van der Waals surface area contributed by atoms with Crippen LogP contribution in [0.3, 0.4) is 0 Å². The summed E-state index contributed by atoms with van der Waals surface area (Å²) in [5, 5.41) is 7.42. The third-order valence-electron chi connectivity index (χ3n) is 6.15. The van der Waals surface area contributed by atoms with Gasteiger partial charge in [-0.1, -0.05) is 6.07 Å². The molecular formula is C22H21N5O7. The van der Waals surface area contributed by atoms with E-state index in [-0.39, 0.29) is 31.2 Å². The number of anilines is 1. The molecule has 34 heavy (non-hydrogen) atoms. The summed E-state index contributed by atoms with van der Waals surface area (Å²) in [7, 11) is 2.75. The number of ether oxygens (including phenoxy) is 3. The largest absolute Gasteiger partial charge is 0.497 e. The number of amides is 5. The lowest BCUT2D eigenvalue weighted by atomic mass is 9.89. The summed E-state index contributed by atoms with van der Waals surface area (Å²) in [5.41, 5.74) is 0.236. The van der Waals surface area contributed by atoms with Crippen LogP contribution in [0, 0.1) is 0 Å². The molecule has 0 saturated carbocycles. The van der Waals surface area contributed by atoms with Gasteiger partial charge in [0.25, 0.3) is 11.8 Å². The maximum absolute atomic E-state index is 13.1. The molecule has 1 aromatic heterocycles. The lowest BCUT2D eigenvalue weighted by Gasteiger charge is -2.34. The summed E-state index contributed by atoms with van der Waals surface area (Å²) < 4.78 is 15.8. The van der Waals surface area contributed by atoms with Gasteiger partial charge in [0.1, 0.15) is 23.4 Å². The third-order valence-corrected chi connectivity index (χ3v) is 6.15. The summed E-state index contributed by atoms with van der Waals surface area (Å²) in [6, 6.07) is 7.69. The van der Waals surface area contributed by atoms with Crippen molar-refractivity contribution in [3.05, 3.63) is 47.2 Å². The van der Waals surface area contributed by atoms with E-state index in [9.17, 15) is 19.2 Å². The Labute approximate surface area is 193 Å². The Morgan fingerprint density at radius 3 is 2.79 bits per heavy atom. The first kappa shape index (κ1) is 21.5. The van der Waals surface area contributed by atoms with Gasteiger partial charge in [-0.25, -0.2) is 14.6 Å². The number of pyridine rings is 1. The molecule has 3 aliphatic heterocycles. The zero-order valence-corrected chi connectivity index (χ0v) is 18.3. The first-order chi connectivity index (χ1) is 16.3. The number of hydrogen-bond acceptors (Lipinski definition) is 8. The molecule has 5 amide bonds. The van der Waals surface area contributed by atoms with E-state index in [2.05, 4.69) is 25.7 Å². The Bertz CT molecular complexity index is 1230. The Hall–Kier alpha value is -4.35. The molecule has 0 radical (unpaired) electrons. The van der Waals surface area contributed by atoms with Crippen LogP contribution in [0.5, 0.6) is 11.5 Å². The molecule has 12 heteroatoms. The molecule has 3 N–H and O–H groups in total. The van der Waals surface area contributed by atoms with Crippen LogP contribution in [0.15, 0.2) is 30.3 Å². The van der Waals surface area contributed by atoms with Gasteiger partial charge in [0.15, 0.2) is 5.54 Å². The predicted octanol–water partition coefficient (Wildman–Crippen LogP) is 0.806. The SMILES string of the molecule is COC(=O)Nc1ccc2c(n1)CC([C@]1(CN3Cc4ccc(OC)cc4C3=O)NC(=O)NC1=O)O2. The number of methoxy groups -OCH3 is 2. The second kappa shape index (κ2) is 7.90. The summed E-state index contributed by atoms with van der Waals surface area (Å²) in [5.74, 6) is 0.343. The van der Waals surface area contributed by atoms with E-state index in [1.165, 1.54) is 25.2 Å². The summed E-state index contributed by atoms with van der Waals surface area (Å²) >= 11 is 0. The predicted molar refractivity (Wildman–Crippen MR) is 116 cm³/mol. The number of benzene rings is 1. The number of aromatic nitrogens is 1. The van der Waals surface area contributed by atoms with Gasteiger partial charge in [0, 0.05) is 18.5 Å². The zero-order chi connectivity index (χ0) is 24.0. The molecule has 5 rings (SSSR count). The van der Waals surface area contributed by atoms with E-state index >= 15 is 0 Å². The van der Waals surface area contributed by atoms with Crippen molar-refractivity contribution >= 4 is 29.8 Å². The van der Waals surface area contributed by atoms with Crippen LogP contribution in [0.4, 0.5) is 15.4 Å². The molecule has 1 aromatic carbocycles. The van der Waals surface area contributed by atoms with Gasteiger partial charge in [-0.15, -0.1) is 0 Å². The average molecular weight is 467 g/mol. The van der Waals surface area contributed by atoms with Crippen LogP contribution < -0.4 is 25.4 Å². The van der Waals surface area contributed by atoms with E-state index in [1.807, 2.05) is 0 Å². The highest BCUT2D eigenvalue weighted by Gasteiger charge is 2.57. The van der Waals surface area contributed by atoms with E-state index in [0.717, 1.165) is 5.56 Å². The fourth-order valence-electron chi connectivity index (χ4n) is 4.45. The van der Waals surface area contributed by atoms with Crippen LogP contribution >= 0.6 is 0 Å². The van der Waals surface area contributed by atoms with Crippen molar-refractivity contribution in [1.29, 1.82) is 0 Å². The maximum Gasteiger partial charge on any atom is 0.412 e. The van der Waals surface area contributed by atoms with Gasteiger partial charge < -0.3 is 24.4 Å². The maximum atomic E-state index is 13.1. The number of carbonyl (C=O) groups excluding carboxylic acids is 4. The van der Waals surface area contributed by atoms with Crippen LogP contribution in [0.2, 0.25) is 0 Å². The van der Waals surface area contributed by atoms with Crippen molar-refractivity contribution in [2.45, 2.75) is 24.6 Å². The normalized spacial score (nSPS) is 22.5. The molecule has 0 bridgehead atoms. The van der Waals surface area contributed by atoms with Gasteiger partial charge in [0.2, 0.25) is 0 Å². The van der Waals surface area contributed by atoms with E-state index in [0.29, 0.717) is 22.8 Å². The van der Waals surface area contributed by atoms with Crippen molar-refractivity contribution in [1.82, 2.24) is 20.5 Å². The molecule has 3 aliphatic rings. The fraction of sp³-hybridized carbons (Fsp3) is 0.318. The summed E-state index contributed by atoms with van der Waals surface area (Å²) in [6.07, 6.45) is -1.34. The number of rotatable bonds is 5. The first-order valence-corrected chi connectivity index (χ1v) is 10.4. The minimum atomic E-state index is -1.53. The molecule has 4 heterocycles. The van der Waals surface area contributed by atoms with E-state index in [1.54, 1.807) is 24.3 Å². The van der Waals surface area contributed by atoms with Crippen LogP contribution in [0.1, 0.15) is 21.6 Å². The monoisotopic (exact) mass is 467 g/mol. The van der Waals surface area contributed by atoms with Gasteiger partial charge in [0.05, 0.1) is 26.5 Å². The van der Waals surface area contributed by atoms with E-state index < -0.39 is 29.7 Å².